The molecule has 2 aliphatic rings. The van der Waals surface area contributed by atoms with Crippen molar-refractivity contribution in [2.75, 3.05) is 0 Å². The average molecular weight is 429 g/mol. The van der Waals surface area contributed by atoms with Gasteiger partial charge in [0.15, 0.2) is 0 Å². The van der Waals surface area contributed by atoms with Gasteiger partial charge in [0.25, 0.3) is 10.0 Å². The first-order chi connectivity index (χ1) is 13.9. The van der Waals surface area contributed by atoms with Crippen molar-refractivity contribution in [3.05, 3.63) is 65.2 Å². The van der Waals surface area contributed by atoms with Gasteiger partial charge in [-0.2, -0.15) is 4.31 Å². The standard InChI is InChI=1S/C21H20N2O4S2/c24-19-8-7-17(21(25)22-19)13-5-6-15-11-23(12-16(15)9-13)29(26,27)20-10-14-3-1-2-4-18(14)28-20/h1-6,9-10,17,19,24H,7-8,11-12H2,(H,22,25). The van der Waals surface area contributed by atoms with Crippen LogP contribution in [0.4, 0.5) is 0 Å². The lowest BCUT2D eigenvalue weighted by molar-refractivity contribution is -0.128. The molecular formula is C21H20N2O4S2. The maximum Gasteiger partial charge on any atom is 0.253 e. The van der Waals surface area contributed by atoms with Gasteiger partial charge in [0.1, 0.15) is 10.4 Å². The van der Waals surface area contributed by atoms with Crippen molar-refractivity contribution < 1.29 is 18.3 Å². The summed E-state index contributed by atoms with van der Waals surface area (Å²) in [5, 5.41) is 13.1. The highest BCUT2D eigenvalue weighted by Gasteiger charge is 2.34. The molecule has 2 unspecified atom stereocenters. The van der Waals surface area contributed by atoms with Gasteiger partial charge in [-0.1, -0.05) is 36.4 Å². The lowest BCUT2D eigenvalue weighted by Crippen LogP contribution is -2.42. The summed E-state index contributed by atoms with van der Waals surface area (Å²) in [6.07, 6.45) is 0.310. The lowest BCUT2D eigenvalue weighted by atomic mass is 9.88. The van der Waals surface area contributed by atoms with Crippen LogP contribution in [0.25, 0.3) is 10.1 Å². The Morgan fingerprint density at radius 2 is 1.83 bits per heavy atom. The van der Waals surface area contributed by atoms with Crippen LogP contribution in [0.2, 0.25) is 0 Å². The highest BCUT2D eigenvalue weighted by Crippen LogP contribution is 2.36. The van der Waals surface area contributed by atoms with E-state index in [0.717, 1.165) is 26.8 Å². The van der Waals surface area contributed by atoms with E-state index in [-0.39, 0.29) is 11.8 Å². The van der Waals surface area contributed by atoms with Gasteiger partial charge in [-0.15, -0.1) is 11.3 Å². The number of hydrogen-bond acceptors (Lipinski definition) is 5. The first-order valence-electron chi connectivity index (χ1n) is 9.51. The molecule has 2 atom stereocenters. The maximum atomic E-state index is 13.2. The van der Waals surface area contributed by atoms with Crippen LogP contribution in [-0.2, 0) is 27.9 Å². The zero-order chi connectivity index (χ0) is 20.2. The SMILES string of the molecule is O=C1NC(O)CCC1c1ccc2c(c1)CN(S(=O)(=O)c1cc3ccccc3s1)C2. The van der Waals surface area contributed by atoms with E-state index in [4.69, 9.17) is 0 Å². The summed E-state index contributed by atoms with van der Waals surface area (Å²) >= 11 is 1.29. The monoisotopic (exact) mass is 428 g/mol. The second kappa shape index (κ2) is 6.91. The van der Waals surface area contributed by atoms with Crippen LogP contribution in [-0.4, -0.2) is 30.0 Å². The molecule has 0 radical (unpaired) electrons. The molecule has 150 valence electrons. The molecule has 1 aromatic heterocycles. The summed E-state index contributed by atoms with van der Waals surface area (Å²) < 4.78 is 29.2. The number of nitrogens with zero attached hydrogens (tertiary/aromatic N) is 1. The molecular weight excluding hydrogens is 408 g/mol. The summed E-state index contributed by atoms with van der Waals surface area (Å²) in [6, 6.07) is 15.2. The summed E-state index contributed by atoms with van der Waals surface area (Å²) in [7, 11) is -3.58. The predicted molar refractivity (Wildman–Crippen MR) is 111 cm³/mol. The van der Waals surface area contributed by atoms with E-state index < -0.39 is 16.3 Å². The molecule has 29 heavy (non-hydrogen) atoms. The van der Waals surface area contributed by atoms with Crippen molar-refractivity contribution in [2.24, 2.45) is 0 Å². The zero-order valence-electron chi connectivity index (χ0n) is 15.5. The topological polar surface area (TPSA) is 86.7 Å². The number of carbonyl (C=O) groups excluding carboxylic acids is 1. The quantitative estimate of drug-likeness (QED) is 0.672. The minimum Gasteiger partial charge on any atom is -0.374 e. The smallest absolute Gasteiger partial charge is 0.253 e. The molecule has 1 amide bonds. The molecule has 1 fully saturated rings. The molecule has 1 saturated heterocycles. The summed E-state index contributed by atoms with van der Waals surface area (Å²) in [5.74, 6) is -0.492. The number of aliphatic hydroxyl groups excluding tert-OH is 1. The molecule has 6 nitrogen and oxygen atoms in total. The van der Waals surface area contributed by atoms with Crippen LogP contribution in [0.5, 0.6) is 0 Å². The van der Waals surface area contributed by atoms with Crippen LogP contribution in [0, 0.1) is 0 Å². The Morgan fingerprint density at radius 3 is 2.62 bits per heavy atom. The highest BCUT2D eigenvalue weighted by atomic mass is 32.2. The van der Waals surface area contributed by atoms with Crippen LogP contribution < -0.4 is 5.32 Å². The molecule has 0 aliphatic carbocycles. The molecule has 3 heterocycles. The number of amides is 1. The van der Waals surface area contributed by atoms with E-state index in [1.807, 2.05) is 42.5 Å². The molecule has 8 heteroatoms. The fraction of sp³-hybridized carbons (Fsp3) is 0.286. The number of thiophene rings is 1. The largest absolute Gasteiger partial charge is 0.374 e. The van der Waals surface area contributed by atoms with Crippen molar-refractivity contribution in [3.8, 4) is 0 Å². The third-order valence-corrected chi connectivity index (χ3v) is 9.03. The minimum atomic E-state index is -3.58. The molecule has 5 rings (SSSR count). The Morgan fingerprint density at radius 1 is 1.03 bits per heavy atom. The van der Waals surface area contributed by atoms with Crippen LogP contribution in [0.1, 0.15) is 35.4 Å². The number of carbonyl (C=O) groups is 1. The van der Waals surface area contributed by atoms with Crippen molar-refractivity contribution in [1.29, 1.82) is 0 Å². The number of hydrogen-bond donors (Lipinski definition) is 2. The van der Waals surface area contributed by atoms with Crippen molar-refractivity contribution in [1.82, 2.24) is 9.62 Å². The predicted octanol–water partition coefficient (Wildman–Crippen LogP) is 2.92. The van der Waals surface area contributed by atoms with Crippen LogP contribution in [0.3, 0.4) is 0 Å². The molecule has 2 N–H and O–H groups in total. The molecule has 0 spiro atoms. The van der Waals surface area contributed by atoms with Gasteiger partial charge in [0.2, 0.25) is 5.91 Å². The maximum absolute atomic E-state index is 13.2. The second-order valence-electron chi connectivity index (χ2n) is 7.56. The summed E-state index contributed by atoms with van der Waals surface area (Å²) in [5.41, 5.74) is 2.77. The first kappa shape index (κ1) is 18.7. The fourth-order valence-corrected chi connectivity index (χ4v) is 7.04. The zero-order valence-corrected chi connectivity index (χ0v) is 17.2. The molecule has 0 bridgehead atoms. The molecule has 2 aromatic carbocycles. The fourth-order valence-electron chi connectivity index (χ4n) is 4.09. The van der Waals surface area contributed by atoms with Gasteiger partial charge >= 0.3 is 0 Å². The van der Waals surface area contributed by atoms with E-state index in [9.17, 15) is 18.3 Å². The number of nitrogens with one attached hydrogen (secondary N) is 1. The molecule has 2 aliphatic heterocycles. The van der Waals surface area contributed by atoms with Gasteiger partial charge in [-0.05, 0) is 47.1 Å². The van der Waals surface area contributed by atoms with Crippen molar-refractivity contribution in [3.63, 3.8) is 0 Å². The second-order valence-corrected chi connectivity index (χ2v) is 10.8. The Hall–Kier alpha value is -2.26. The third-order valence-electron chi connectivity index (χ3n) is 5.68. The van der Waals surface area contributed by atoms with Crippen molar-refractivity contribution in [2.45, 2.75) is 42.3 Å². The van der Waals surface area contributed by atoms with Crippen LogP contribution in [0.15, 0.2) is 52.7 Å². The third kappa shape index (κ3) is 3.26. The summed E-state index contributed by atoms with van der Waals surface area (Å²) in [6.45, 7) is 0.637. The number of aliphatic hydroxyl groups is 1. The highest BCUT2D eigenvalue weighted by molar-refractivity contribution is 7.91. The van der Waals surface area contributed by atoms with E-state index >= 15 is 0 Å². The van der Waals surface area contributed by atoms with Gasteiger partial charge in [0.05, 0.1) is 5.92 Å². The Bertz CT molecular complexity index is 1190. The van der Waals surface area contributed by atoms with E-state index in [1.165, 1.54) is 15.6 Å². The normalized spacial score (nSPS) is 22.6. The first-order valence-corrected chi connectivity index (χ1v) is 11.8. The van der Waals surface area contributed by atoms with Gasteiger partial charge in [0, 0.05) is 17.8 Å². The van der Waals surface area contributed by atoms with Gasteiger partial charge in [-0.25, -0.2) is 8.42 Å². The summed E-state index contributed by atoms with van der Waals surface area (Å²) in [4.78, 5) is 12.2. The Balaban J connectivity index is 1.41. The molecule has 0 saturated carbocycles. The Labute approximate surface area is 172 Å². The lowest BCUT2D eigenvalue weighted by Gasteiger charge is -2.26. The van der Waals surface area contributed by atoms with Crippen molar-refractivity contribution >= 4 is 37.4 Å². The number of sulfonamides is 1. The van der Waals surface area contributed by atoms with E-state index in [1.54, 1.807) is 6.07 Å². The van der Waals surface area contributed by atoms with Crippen LogP contribution >= 0.6 is 11.3 Å². The van der Waals surface area contributed by atoms with Gasteiger partial charge < -0.3 is 10.4 Å². The number of fused-ring (bicyclic) bond motifs is 2. The Kier molecular flexibility index (Phi) is 4.47. The number of piperidine rings is 1. The number of rotatable bonds is 3. The minimum absolute atomic E-state index is 0.184. The van der Waals surface area contributed by atoms with E-state index in [2.05, 4.69) is 5.32 Å². The van der Waals surface area contributed by atoms with E-state index in [0.29, 0.717) is 30.1 Å². The number of benzene rings is 2. The van der Waals surface area contributed by atoms with Gasteiger partial charge in [-0.3, -0.25) is 4.79 Å². The molecule has 3 aromatic rings. The average Bonchev–Trinajstić information content (AvgIpc) is 3.32.